The number of ether oxygens (including phenoxy) is 1. The molecule has 1 saturated carbocycles. The van der Waals surface area contributed by atoms with Crippen molar-refractivity contribution in [2.45, 2.75) is 84.1 Å². The quantitative estimate of drug-likeness (QED) is 0.221. The molecular formula is C35H40N4O6S. The number of carboxylic acids is 1. The number of sulfonamides is 1. The molecule has 10 nitrogen and oxygen atoms in total. The number of amides is 1. The summed E-state index contributed by atoms with van der Waals surface area (Å²) in [4.78, 5) is 25.9. The zero-order valence-electron chi connectivity index (χ0n) is 26.9. The molecule has 2 aromatic heterocycles. The van der Waals surface area contributed by atoms with Crippen LogP contribution in [-0.4, -0.2) is 52.1 Å². The SMILES string of the molecule is CCn1nc(C)c(C2=Cc3cc(OC)ccc3-c3c(C4CCCCC4)c4ccc(C(=O)NS(=O)(=O)C(C)C)cc4n3C2)c1C(=O)O. The summed E-state index contributed by atoms with van der Waals surface area (Å²) in [7, 11) is -2.21. The molecule has 0 unspecified atom stereocenters. The van der Waals surface area contributed by atoms with Crippen molar-refractivity contribution in [3.8, 4) is 17.0 Å². The zero-order chi connectivity index (χ0) is 32.9. The molecule has 6 rings (SSSR count). The van der Waals surface area contributed by atoms with Crippen molar-refractivity contribution < 1.29 is 27.9 Å². The fourth-order valence-electron chi connectivity index (χ4n) is 7.05. The highest BCUT2D eigenvalue weighted by Gasteiger charge is 2.32. The predicted octanol–water partition coefficient (Wildman–Crippen LogP) is 6.61. The molecule has 1 fully saturated rings. The van der Waals surface area contributed by atoms with Crippen LogP contribution in [0.2, 0.25) is 0 Å². The fourth-order valence-corrected chi connectivity index (χ4v) is 7.66. The van der Waals surface area contributed by atoms with Crippen LogP contribution in [0.3, 0.4) is 0 Å². The number of methoxy groups -OCH3 is 1. The highest BCUT2D eigenvalue weighted by atomic mass is 32.2. The van der Waals surface area contributed by atoms with Gasteiger partial charge in [0.15, 0.2) is 5.69 Å². The summed E-state index contributed by atoms with van der Waals surface area (Å²) in [5.74, 6) is -0.764. The second-order valence-electron chi connectivity index (χ2n) is 12.5. The summed E-state index contributed by atoms with van der Waals surface area (Å²) < 4.78 is 36.7. The molecule has 46 heavy (non-hydrogen) atoms. The number of aryl methyl sites for hydroxylation is 2. The van der Waals surface area contributed by atoms with E-state index in [0.717, 1.165) is 59.0 Å². The molecule has 0 radical (unpaired) electrons. The molecule has 242 valence electrons. The lowest BCUT2D eigenvalue weighted by molar-refractivity contribution is 0.0682. The van der Waals surface area contributed by atoms with Gasteiger partial charge in [-0.3, -0.25) is 9.48 Å². The average Bonchev–Trinajstić information content (AvgIpc) is 3.48. The molecule has 0 atom stereocenters. The molecule has 0 bridgehead atoms. The summed E-state index contributed by atoms with van der Waals surface area (Å²) in [5.41, 5.74) is 7.21. The first-order valence-electron chi connectivity index (χ1n) is 15.9. The third kappa shape index (κ3) is 5.40. The minimum Gasteiger partial charge on any atom is -0.497 e. The number of nitrogens with zero attached hydrogens (tertiary/aromatic N) is 3. The molecule has 11 heteroatoms. The number of hydrogen-bond donors (Lipinski definition) is 2. The van der Waals surface area contributed by atoms with Crippen molar-refractivity contribution >= 4 is 44.5 Å². The summed E-state index contributed by atoms with van der Waals surface area (Å²) in [5, 5.41) is 15.2. The van der Waals surface area contributed by atoms with E-state index in [-0.39, 0.29) is 11.3 Å². The van der Waals surface area contributed by atoms with E-state index in [1.54, 1.807) is 19.2 Å². The minimum absolute atomic E-state index is 0.127. The van der Waals surface area contributed by atoms with Crippen molar-refractivity contribution in [3.63, 3.8) is 0 Å². The van der Waals surface area contributed by atoms with Crippen molar-refractivity contribution in [2.24, 2.45) is 0 Å². The molecule has 2 aliphatic rings. The smallest absolute Gasteiger partial charge is 0.354 e. The van der Waals surface area contributed by atoms with Gasteiger partial charge < -0.3 is 14.4 Å². The second-order valence-corrected chi connectivity index (χ2v) is 14.7. The Bertz CT molecular complexity index is 2010. The van der Waals surface area contributed by atoms with Crippen molar-refractivity contribution in [3.05, 3.63) is 70.0 Å². The minimum atomic E-state index is -3.84. The van der Waals surface area contributed by atoms with E-state index in [0.29, 0.717) is 36.0 Å². The third-order valence-corrected chi connectivity index (χ3v) is 11.1. The number of carbonyl (C=O) groups excluding carboxylic acids is 1. The van der Waals surface area contributed by atoms with Crippen LogP contribution in [-0.2, 0) is 23.1 Å². The maximum atomic E-state index is 13.3. The average molecular weight is 645 g/mol. The largest absolute Gasteiger partial charge is 0.497 e. The highest BCUT2D eigenvalue weighted by Crippen LogP contribution is 2.48. The Hall–Kier alpha value is -4.38. The van der Waals surface area contributed by atoms with Gasteiger partial charge in [-0.05, 0) is 99.6 Å². The number of nitrogens with one attached hydrogen (secondary N) is 1. The first-order valence-corrected chi connectivity index (χ1v) is 17.4. The molecule has 3 heterocycles. The Morgan fingerprint density at radius 3 is 2.50 bits per heavy atom. The number of allylic oxidation sites excluding steroid dienone is 1. The van der Waals surface area contributed by atoms with E-state index in [2.05, 4.69) is 14.4 Å². The number of benzene rings is 2. The number of fused-ring (bicyclic) bond motifs is 5. The van der Waals surface area contributed by atoms with Crippen LogP contribution in [0.15, 0.2) is 36.4 Å². The fraction of sp³-hybridized carbons (Fsp3) is 0.400. The van der Waals surface area contributed by atoms with E-state index in [4.69, 9.17) is 4.74 Å². The normalized spacial score (nSPS) is 15.3. The summed E-state index contributed by atoms with van der Waals surface area (Å²) in [6.07, 6.45) is 7.55. The van der Waals surface area contributed by atoms with Crippen molar-refractivity contribution in [1.82, 2.24) is 19.1 Å². The molecule has 1 aliphatic carbocycles. The van der Waals surface area contributed by atoms with Gasteiger partial charge in [0.1, 0.15) is 5.75 Å². The van der Waals surface area contributed by atoms with Crippen LogP contribution >= 0.6 is 0 Å². The van der Waals surface area contributed by atoms with Gasteiger partial charge in [-0.25, -0.2) is 17.9 Å². The Kier molecular flexibility index (Phi) is 8.30. The molecule has 2 N–H and O–H groups in total. The Morgan fingerprint density at radius 1 is 1.11 bits per heavy atom. The van der Waals surface area contributed by atoms with Gasteiger partial charge in [-0.2, -0.15) is 5.10 Å². The summed E-state index contributed by atoms with van der Waals surface area (Å²) >= 11 is 0. The number of carboxylic acid groups (broad SMARTS) is 1. The van der Waals surface area contributed by atoms with Gasteiger partial charge in [0.05, 0.1) is 23.7 Å². The van der Waals surface area contributed by atoms with E-state index in [1.165, 1.54) is 30.5 Å². The first kappa shape index (κ1) is 31.6. The van der Waals surface area contributed by atoms with Crippen LogP contribution in [0, 0.1) is 6.92 Å². The van der Waals surface area contributed by atoms with Crippen molar-refractivity contribution in [2.75, 3.05) is 7.11 Å². The van der Waals surface area contributed by atoms with Gasteiger partial charge in [0.25, 0.3) is 5.91 Å². The standard InChI is InChI=1S/C35H40N4O6S/c1-6-39-33(35(41)42)30(21(4)36-39)25-16-24-17-26(45-5)13-15-27(24)32-31(22-10-8-7-9-11-22)28-14-12-23(18-29(28)38(32)19-25)34(40)37-46(43,44)20(2)3/h12-18,20,22H,6-11,19H2,1-5H3,(H,37,40)(H,41,42). The molecule has 0 spiro atoms. The van der Waals surface area contributed by atoms with Gasteiger partial charge in [-0.15, -0.1) is 0 Å². The summed E-state index contributed by atoms with van der Waals surface area (Å²) in [6.45, 7) is 7.46. The lowest BCUT2D eigenvalue weighted by Crippen LogP contribution is -2.35. The first-order chi connectivity index (χ1) is 21.9. The van der Waals surface area contributed by atoms with Gasteiger partial charge >= 0.3 is 5.97 Å². The number of carbonyl (C=O) groups is 2. The van der Waals surface area contributed by atoms with Crippen LogP contribution in [0.4, 0.5) is 0 Å². The molecule has 4 aromatic rings. The monoisotopic (exact) mass is 644 g/mol. The maximum Gasteiger partial charge on any atom is 0.354 e. The number of hydrogen-bond acceptors (Lipinski definition) is 6. The number of rotatable bonds is 8. The second kappa shape index (κ2) is 12.1. The summed E-state index contributed by atoms with van der Waals surface area (Å²) in [6, 6.07) is 11.4. The van der Waals surface area contributed by atoms with Gasteiger partial charge in [-0.1, -0.05) is 25.3 Å². The number of aromatic nitrogens is 3. The van der Waals surface area contributed by atoms with E-state index < -0.39 is 27.1 Å². The Balaban J connectivity index is 1.65. The molecular weight excluding hydrogens is 604 g/mol. The van der Waals surface area contributed by atoms with E-state index in [1.807, 2.05) is 44.2 Å². The van der Waals surface area contributed by atoms with Crippen molar-refractivity contribution in [1.29, 1.82) is 0 Å². The molecule has 1 amide bonds. The van der Waals surface area contributed by atoms with Crippen LogP contribution in [0.1, 0.15) is 102 Å². The van der Waals surface area contributed by atoms with Crippen LogP contribution in [0.25, 0.3) is 33.8 Å². The Labute approximate surface area is 269 Å². The lowest BCUT2D eigenvalue weighted by atomic mass is 9.81. The molecule has 2 aromatic carbocycles. The van der Waals surface area contributed by atoms with Crippen LogP contribution in [0.5, 0.6) is 5.75 Å². The topological polar surface area (TPSA) is 133 Å². The number of aromatic carboxylic acids is 1. The zero-order valence-corrected chi connectivity index (χ0v) is 27.7. The van der Waals surface area contributed by atoms with Crippen LogP contribution < -0.4 is 9.46 Å². The third-order valence-electron chi connectivity index (χ3n) is 9.36. The van der Waals surface area contributed by atoms with E-state index in [9.17, 15) is 23.1 Å². The van der Waals surface area contributed by atoms with Gasteiger partial charge in [0.2, 0.25) is 10.0 Å². The predicted molar refractivity (Wildman–Crippen MR) is 179 cm³/mol. The Morgan fingerprint density at radius 2 is 1.85 bits per heavy atom. The molecule has 0 saturated heterocycles. The molecule has 1 aliphatic heterocycles. The maximum absolute atomic E-state index is 13.3. The lowest BCUT2D eigenvalue weighted by Gasteiger charge is -2.24. The van der Waals surface area contributed by atoms with Gasteiger partial charge in [0, 0.05) is 40.7 Å². The van der Waals surface area contributed by atoms with E-state index >= 15 is 0 Å². The highest BCUT2D eigenvalue weighted by molar-refractivity contribution is 7.90.